The van der Waals surface area contributed by atoms with Gasteiger partial charge in [-0.3, -0.25) is 0 Å². The van der Waals surface area contributed by atoms with E-state index in [-0.39, 0.29) is 0 Å². The van der Waals surface area contributed by atoms with Crippen molar-refractivity contribution >= 4 is 23.2 Å². The van der Waals surface area contributed by atoms with Crippen molar-refractivity contribution in [3.8, 4) is 0 Å². The second-order valence-electron chi connectivity index (χ2n) is 6.30. The van der Waals surface area contributed by atoms with Gasteiger partial charge in [0.2, 0.25) is 0 Å². The number of hydrogen-bond acceptors (Lipinski definition) is 2. The van der Waals surface area contributed by atoms with Crippen LogP contribution in [0.1, 0.15) is 37.7 Å². The third kappa shape index (κ3) is 2.96. The molecule has 3 rings (SSSR count). The van der Waals surface area contributed by atoms with Gasteiger partial charge in [0, 0.05) is 24.6 Å². The summed E-state index contributed by atoms with van der Waals surface area (Å²) in [7, 11) is 2.27. The van der Waals surface area contributed by atoms with E-state index in [0.717, 1.165) is 13.2 Å². The van der Waals surface area contributed by atoms with Crippen LogP contribution < -0.4 is 0 Å². The SMILES string of the molecule is CCOCC1C(c2ccc(Cl)c(Cl)c2)CC2CCC1N2C. The fraction of sp³-hybridized carbons (Fsp3) is 0.647. The Kier molecular flexibility index (Phi) is 4.80. The summed E-state index contributed by atoms with van der Waals surface area (Å²) in [5, 5.41) is 1.30. The zero-order valence-corrected chi connectivity index (χ0v) is 14.2. The van der Waals surface area contributed by atoms with Gasteiger partial charge < -0.3 is 9.64 Å². The largest absolute Gasteiger partial charge is 0.381 e. The molecule has 2 aliphatic heterocycles. The molecule has 2 bridgehead atoms. The summed E-state index contributed by atoms with van der Waals surface area (Å²) in [5.74, 6) is 1.07. The third-order valence-electron chi connectivity index (χ3n) is 5.32. The van der Waals surface area contributed by atoms with Gasteiger partial charge in [-0.1, -0.05) is 29.3 Å². The number of rotatable bonds is 4. The van der Waals surface area contributed by atoms with Gasteiger partial charge >= 0.3 is 0 Å². The van der Waals surface area contributed by atoms with Gasteiger partial charge in [0.05, 0.1) is 16.7 Å². The number of hydrogen-bond donors (Lipinski definition) is 0. The van der Waals surface area contributed by atoms with E-state index >= 15 is 0 Å². The van der Waals surface area contributed by atoms with Crippen molar-refractivity contribution in [2.75, 3.05) is 20.3 Å². The van der Waals surface area contributed by atoms with Crippen LogP contribution in [0.25, 0.3) is 0 Å². The van der Waals surface area contributed by atoms with Crippen LogP contribution in [-0.2, 0) is 4.74 Å². The minimum atomic E-state index is 0.528. The Morgan fingerprint density at radius 2 is 2.05 bits per heavy atom. The number of benzene rings is 1. The van der Waals surface area contributed by atoms with Gasteiger partial charge in [-0.15, -0.1) is 0 Å². The van der Waals surface area contributed by atoms with Crippen molar-refractivity contribution in [1.82, 2.24) is 4.90 Å². The average molecular weight is 328 g/mol. The molecule has 1 aromatic carbocycles. The Morgan fingerprint density at radius 1 is 1.24 bits per heavy atom. The lowest BCUT2D eigenvalue weighted by Crippen LogP contribution is -2.47. The van der Waals surface area contributed by atoms with Gasteiger partial charge in [0.1, 0.15) is 0 Å². The van der Waals surface area contributed by atoms with Crippen LogP contribution in [0.15, 0.2) is 18.2 Å². The summed E-state index contributed by atoms with van der Waals surface area (Å²) in [5.41, 5.74) is 1.32. The van der Waals surface area contributed by atoms with Crippen LogP contribution in [0.4, 0.5) is 0 Å². The molecule has 116 valence electrons. The van der Waals surface area contributed by atoms with Crippen molar-refractivity contribution < 1.29 is 4.74 Å². The zero-order chi connectivity index (χ0) is 15.0. The van der Waals surface area contributed by atoms with Crippen LogP contribution in [-0.4, -0.2) is 37.2 Å². The monoisotopic (exact) mass is 327 g/mol. The van der Waals surface area contributed by atoms with E-state index in [1.807, 2.05) is 6.07 Å². The molecule has 2 aliphatic rings. The molecule has 0 saturated carbocycles. The molecule has 0 aliphatic carbocycles. The predicted molar refractivity (Wildman–Crippen MR) is 88.4 cm³/mol. The number of fused-ring (bicyclic) bond motifs is 2. The lowest BCUT2D eigenvalue weighted by molar-refractivity contribution is 0.0253. The Hall–Kier alpha value is -0.280. The molecular weight excluding hydrogens is 305 g/mol. The average Bonchev–Trinajstić information content (AvgIpc) is 2.72. The maximum Gasteiger partial charge on any atom is 0.0595 e. The topological polar surface area (TPSA) is 12.5 Å². The molecule has 4 unspecified atom stereocenters. The molecule has 2 nitrogen and oxygen atoms in total. The fourth-order valence-electron chi connectivity index (χ4n) is 4.18. The number of nitrogens with zero attached hydrogens (tertiary/aromatic N) is 1. The first-order valence-corrected chi connectivity index (χ1v) is 8.62. The Morgan fingerprint density at radius 3 is 2.76 bits per heavy atom. The first-order chi connectivity index (χ1) is 10.1. The van der Waals surface area contributed by atoms with Crippen molar-refractivity contribution in [3.05, 3.63) is 33.8 Å². The molecule has 2 heterocycles. The normalized spacial score (nSPS) is 32.6. The van der Waals surface area contributed by atoms with E-state index in [2.05, 4.69) is 31.0 Å². The van der Waals surface area contributed by atoms with Crippen LogP contribution in [0.3, 0.4) is 0 Å². The molecule has 4 atom stereocenters. The molecule has 0 N–H and O–H groups in total. The van der Waals surface area contributed by atoms with Crippen molar-refractivity contribution in [3.63, 3.8) is 0 Å². The highest BCUT2D eigenvalue weighted by atomic mass is 35.5. The number of halogens is 2. The molecule has 2 fully saturated rings. The maximum atomic E-state index is 6.23. The maximum absolute atomic E-state index is 6.23. The first-order valence-electron chi connectivity index (χ1n) is 7.86. The quantitative estimate of drug-likeness (QED) is 0.801. The van der Waals surface area contributed by atoms with E-state index in [1.165, 1.54) is 24.8 Å². The molecular formula is C17H23Cl2NO. The number of piperidine rings is 1. The number of ether oxygens (including phenoxy) is 1. The molecule has 0 aromatic heterocycles. The summed E-state index contributed by atoms with van der Waals surface area (Å²) in [6.07, 6.45) is 3.79. The lowest BCUT2D eigenvalue weighted by atomic mass is 9.76. The summed E-state index contributed by atoms with van der Waals surface area (Å²) >= 11 is 12.3. The smallest absolute Gasteiger partial charge is 0.0595 e. The fourth-order valence-corrected chi connectivity index (χ4v) is 4.49. The second-order valence-corrected chi connectivity index (χ2v) is 7.12. The highest BCUT2D eigenvalue weighted by Gasteiger charge is 2.45. The molecule has 1 aromatic rings. The van der Waals surface area contributed by atoms with E-state index in [4.69, 9.17) is 27.9 Å². The molecule has 2 saturated heterocycles. The van der Waals surface area contributed by atoms with E-state index in [0.29, 0.717) is 34.0 Å². The second kappa shape index (κ2) is 6.45. The highest BCUT2D eigenvalue weighted by molar-refractivity contribution is 6.42. The van der Waals surface area contributed by atoms with Crippen LogP contribution in [0.2, 0.25) is 10.0 Å². The van der Waals surface area contributed by atoms with Crippen molar-refractivity contribution in [1.29, 1.82) is 0 Å². The minimum absolute atomic E-state index is 0.528. The predicted octanol–water partition coefficient (Wildman–Crippen LogP) is 4.60. The molecule has 0 radical (unpaired) electrons. The van der Waals surface area contributed by atoms with Gasteiger partial charge in [0.25, 0.3) is 0 Å². The summed E-state index contributed by atoms with van der Waals surface area (Å²) in [4.78, 5) is 2.57. The summed E-state index contributed by atoms with van der Waals surface area (Å²) in [6, 6.07) is 7.46. The first kappa shape index (κ1) is 15.6. The van der Waals surface area contributed by atoms with E-state index < -0.39 is 0 Å². The van der Waals surface area contributed by atoms with Crippen LogP contribution in [0.5, 0.6) is 0 Å². The Labute approximate surface area is 137 Å². The van der Waals surface area contributed by atoms with Crippen molar-refractivity contribution in [2.45, 2.75) is 44.2 Å². The Bertz CT molecular complexity index is 508. The standard InChI is InChI=1S/C17H23Cl2NO/c1-3-21-10-14-13(9-12-5-7-17(14)20(12)2)11-4-6-15(18)16(19)8-11/h4,6,8,12-14,17H,3,5,7,9-10H2,1-2H3. The minimum Gasteiger partial charge on any atom is -0.381 e. The van der Waals surface area contributed by atoms with Gasteiger partial charge in [-0.2, -0.15) is 0 Å². The van der Waals surface area contributed by atoms with Gasteiger partial charge in [-0.25, -0.2) is 0 Å². The lowest BCUT2D eigenvalue weighted by Gasteiger charge is -2.43. The molecule has 0 spiro atoms. The summed E-state index contributed by atoms with van der Waals surface area (Å²) < 4.78 is 5.79. The third-order valence-corrected chi connectivity index (χ3v) is 6.06. The van der Waals surface area contributed by atoms with Crippen LogP contribution >= 0.6 is 23.2 Å². The van der Waals surface area contributed by atoms with Crippen LogP contribution in [0, 0.1) is 5.92 Å². The summed E-state index contributed by atoms with van der Waals surface area (Å²) in [6.45, 7) is 3.69. The van der Waals surface area contributed by atoms with Crippen molar-refractivity contribution in [2.24, 2.45) is 5.92 Å². The molecule has 21 heavy (non-hydrogen) atoms. The Balaban J connectivity index is 1.88. The van der Waals surface area contributed by atoms with Gasteiger partial charge in [0.15, 0.2) is 0 Å². The van der Waals surface area contributed by atoms with Gasteiger partial charge in [-0.05, 0) is 56.8 Å². The molecule has 0 amide bonds. The zero-order valence-electron chi connectivity index (χ0n) is 12.7. The molecule has 4 heteroatoms. The van der Waals surface area contributed by atoms with E-state index in [1.54, 1.807) is 0 Å². The van der Waals surface area contributed by atoms with E-state index in [9.17, 15) is 0 Å². The highest BCUT2D eigenvalue weighted by Crippen LogP contribution is 2.46.